The van der Waals surface area contributed by atoms with Crippen molar-refractivity contribution in [2.24, 2.45) is 0 Å². The summed E-state index contributed by atoms with van der Waals surface area (Å²) in [6.45, 7) is 0. The minimum absolute atomic E-state index is 0.210. The van der Waals surface area contributed by atoms with Crippen LogP contribution in [-0.4, -0.2) is 15.5 Å². The summed E-state index contributed by atoms with van der Waals surface area (Å²) in [7, 11) is -2.29. The Kier molecular flexibility index (Phi) is 4.42. The van der Waals surface area contributed by atoms with Crippen LogP contribution in [0, 0.1) is 0 Å². The van der Waals surface area contributed by atoms with E-state index in [0.29, 0.717) is 5.75 Å². The quantitative estimate of drug-likeness (QED) is 0.794. The lowest BCUT2D eigenvalue weighted by Gasteiger charge is -2.05. The molecule has 0 aliphatic heterocycles. The van der Waals surface area contributed by atoms with Crippen LogP contribution in [0.1, 0.15) is 5.56 Å². The van der Waals surface area contributed by atoms with E-state index >= 15 is 0 Å². The highest BCUT2D eigenvalue weighted by atomic mass is 32.2. The standard InChI is InChI=1S/C15H14O4S/c1-18-14-8-5-9-15(12-14)19-20(16,17)11-10-13-6-3-2-4-7-13/h2-12H,1H3/b11-10+. The van der Waals surface area contributed by atoms with Crippen molar-refractivity contribution in [2.45, 2.75) is 0 Å². The van der Waals surface area contributed by atoms with Gasteiger partial charge in [-0.2, -0.15) is 8.42 Å². The lowest BCUT2D eigenvalue weighted by molar-refractivity contribution is 0.412. The number of rotatable bonds is 5. The van der Waals surface area contributed by atoms with E-state index in [2.05, 4.69) is 0 Å². The van der Waals surface area contributed by atoms with E-state index in [1.54, 1.807) is 30.3 Å². The minimum atomic E-state index is -3.79. The smallest absolute Gasteiger partial charge is 0.332 e. The zero-order valence-corrected chi connectivity index (χ0v) is 11.7. The number of ether oxygens (including phenoxy) is 1. The summed E-state index contributed by atoms with van der Waals surface area (Å²) in [6, 6.07) is 15.5. The third-order valence-corrected chi connectivity index (χ3v) is 3.37. The zero-order chi connectivity index (χ0) is 14.4. The molecule has 0 bridgehead atoms. The van der Waals surface area contributed by atoms with E-state index in [0.717, 1.165) is 11.0 Å². The Hall–Kier alpha value is -2.27. The van der Waals surface area contributed by atoms with E-state index in [9.17, 15) is 8.42 Å². The molecule has 0 saturated carbocycles. The Morgan fingerprint density at radius 1 is 0.950 bits per heavy atom. The van der Waals surface area contributed by atoms with Gasteiger partial charge in [-0.15, -0.1) is 0 Å². The fourth-order valence-electron chi connectivity index (χ4n) is 1.54. The highest BCUT2D eigenvalue weighted by Crippen LogP contribution is 2.20. The van der Waals surface area contributed by atoms with Gasteiger partial charge in [-0.3, -0.25) is 0 Å². The van der Waals surface area contributed by atoms with Gasteiger partial charge in [-0.05, 0) is 23.8 Å². The van der Waals surface area contributed by atoms with Crippen molar-refractivity contribution < 1.29 is 17.3 Å². The van der Waals surface area contributed by atoms with Crippen LogP contribution in [0.3, 0.4) is 0 Å². The topological polar surface area (TPSA) is 52.6 Å². The maximum absolute atomic E-state index is 11.8. The Balaban J connectivity index is 2.13. The second kappa shape index (κ2) is 6.25. The van der Waals surface area contributed by atoms with Crippen LogP contribution in [0.25, 0.3) is 6.08 Å². The SMILES string of the molecule is COc1cccc(OS(=O)(=O)/C=C/c2ccccc2)c1. The first kappa shape index (κ1) is 14.1. The highest BCUT2D eigenvalue weighted by Gasteiger charge is 2.08. The first-order chi connectivity index (χ1) is 9.59. The van der Waals surface area contributed by atoms with Gasteiger partial charge in [0.1, 0.15) is 11.5 Å². The third kappa shape index (κ3) is 4.13. The lowest BCUT2D eigenvalue weighted by atomic mass is 10.2. The molecule has 0 aromatic heterocycles. The van der Waals surface area contributed by atoms with E-state index in [1.165, 1.54) is 19.3 Å². The van der Waals surface area contributed by atoms with Crippen LogP contribution in [0.5, 0.6) is 11.5 Å². The molecule has 0 N–H and O–H groups in total. The average molecular weight is 290 g/mol. The summed E-state index contributed by atoms with van der Waals surface area (Å²) >= 11 is 0. The van der Waals surface area contributed by atoms with Gasteiger partial charge < -0.3 is 8.92 Å². The van der Waals surface area contributed by atoms with Gasteiger partial charge in [-0.25, -0.2) is 0 Å². The maximum Gasteiger partial charge on any atom is 0.332 e. The van der Waals surface area contributed by atoms with Gasteiger partial charge in [0.15, 0.2) is 0 Å². The molecule has 0 unspecified atom stereocenters. The van der Waals surface area contributed by atoms with Crippen LogP contribution in [0.2, 0.25) is 0 Å². The highest BCUT2D eigenvalue weighted by molar-refractivity contribution is 7.90. The Bertz CT molecular complexity index is 691. The fraction of sp³-hybridized carbons (Fsp3) is 0.0667. The Morgan fingerprint density at radius 3 is 2.35 bits per heavy atom. The van der Waals surface area contributed by atoms with Crippen molar-refractivity contribution in [3.63, 3.8) is 0 Å². The molecule has 0 aliphatic carbocycles. The maximum atomic E-state index is 11.8. The molecule has 0 radical (unpaired) electrons. The fourth-order valence-corrected chi connectivity index (χ4v) is 2.29. The largest absolute Gasteiger partial charge is 0.497 e. The first-order valence-electron chi connectivity index (χ1n) is 5.91. The van der Waals surface area contributed by atoms with Gasteiger partial charge >= 0.3 is 10.1 Å². The molecule has 2 aromatic carbocycles. The molecular weight excluding hydrogens is 276 g/mol. The third-order valence-electron chi connectivity index (χ3n) is 2.48. The van der Waals surface area contributed by atoms with Gasteiger partial charge in [-0.1, -0.05) is 36.4 Å². The summed E-state index contributed by atoms with van der Waals surface area (Å²) in [5.41, 5.74) is 0.783. The van der Waals surface area contributed by atoms with Crippen molar-refractivity contribution in [2.75, 3.05) is 7.11 Å². The van der Waals surface area contributed by atoms with Crippen molar-refractivity contribution in [1.82, 2.24) is 0 Å². The summed E-state index contributed by atoms with van der Waals surface area (Å²) in [4.78, 5) is 0. The van der Waals surface area contributed by atoms with Crippen molar-refractivity contribution in [3.05, 3.63) is 65.6 Å². The Labute approximate surface area is 118 Å². The molecule has 5 heteroatoms. The zero-order valence-electron chi connectivity index (χ0n) is 10.9. The van der Waals surface area contributed by atoms with E-state index < -0.39 is 10.1 Å². The van der Waals surface area contributed by atoms with Crippen LogP contribution in [0.4, 0.5) is 0 Å². The molecule has 2 aromatic rings. The lowest BCUT2D eigenvalue weighted by Crippen LogP contribution is -2.05. The number of benzene rings is 2. The molecule has 0 spiro atoms. The van der Waals surface area contributed by atoms with Crippen LogP contribution >= 0.6 is 0 Å². The molecule has 0 atom stereocenters. The summed E-state index contributed by atoms with van der Waals surface area (Å²) in [5, 5.41) is 1.03. The molecular formula is C15H14O4S. The van der Waals surface area contributed by atoms with Gasteiger partial charge in [0.05, 0.1) is 12.5 Å². The van der Waals surface area contributed by atoms with Crippen molar-refractivity contribution >= 4 is 16.2 Å². The summed E-state index contributed by atoms with van der Waals surface area (Å²) in [6.07, 6.45) is 1.48. The normalized spacial score (nSPS) is 11.4. The second-order valence-electron chi connectivity index (χ2n) is 3.97. The van der Waals surface area contributed by atoms with Crippen LogP contribution < -0.4 is 8.92 Å². The molecule has 104 valence electrons. The monoisotopic (exact) mass is 290 g/mol. The van der Waals surface area contributed by atoms with Gasteiger partial charge in [0.25, 0.3) is 0 Å². The van der Waals surface area contributed by atoms with E-state index in [-0.39, 0.29) is 5.75 Å². The number of methoxy groups -OCH3 is 1. The van der Waals surface area contributed by atoms with Gasteiger partial charge in [0.2, 0.25) is 0 Å². The first-order valence-corrected chi connectivity index (χ1v) is 7.38. The van der Waals surface area contributed by atoms with Gasteiger partial charge in [0, 0.05) is 6.07 Å². The van der Waals surface area contributed by atoms with E-state index in [1.807, 2.05) is 18.2 Å². The number of hydrogen-bond acceptors (Lipinski definition) is 4. The predicted octanol–water partition coefficient (Wildman–Crippen LogP) is 3.07. The molecule has 0 saturated heterocycles. The second-order valence-corrected chi connectivity index (χ2v) is 5.39. The predicted molar refractivity (Wildman–Crippen MR) is 78.0 cm³/mol. The van der Waals surface area contributed by atoms with E-state index in [4.69, 9.17) is 8.92 Å². The molecule has 0 fully saturated rings. The summed E-state index contributed by atoms with van der Waals surface area (Å²) in [5.74, 6) is 0.742. The summed E-state index contributed by atoms with van der Waals surface area (Å²) < 4.78 is 33.6. The number of hydrogen-bond donors (Lipinski definition) is 0. The minimum Gasteiger partial charge on any atom is -0.497 e. The molecule has 20 heavy (non-hydrogen) atoms. The Morgan fingerprint density at radius 2 is 1.65 bits per heavy atom. The van der Waals surface area contributed by atoms with Crippen LogP contribution in [-0.2, 0) is 10.1 Å². The van der Waals surface area contributed by atoms with Crippen molar-refractivity contribution in [1.29, 1.82) is 0 Å². The molecule has 0 amide bonds. The molecule has 2 rings (SSSR count). The van der Waals surface area contributed by atoms with Crippen molar-refractivity contribution in [3.8, 4) is 11.5 Å². The van der Waals surface area contributed by atoms with Crippen LogP contribution in [0.15, 0.2) is 60.0 Å². The molecule has 0 heterocycles. The molecule has 0 aliphatic rings. The average Bonchev–Trinajstić information content (AvgIpc) is 2.46. The molecule has 4 nitrogen and oxygen atoms in total.